The quantitative estimate of drug-likeness (QED) is 0.372. The van der Waals surface area contributed by atoms with E-state index in [0.29, 0.717) is 30.4 Å². The topological polar surface area (TPSA) is 122 Å². The van der Waals surface area contributed by atoms with Crippen LogP contribution >= 0.6 is 0 Å². The van der Waals surface area contributed by atoms with Crippen molar-refractivity contribution in [1.29, 1.82) is 0 Å². The molecule has 1 aliphatic heterocycles. The molecule has 200 valence electrons. The van der Waals surface area contributed by atoms with Crippen LogP contribution in [0, 0.1) is 0 Å². The van der Waals surface area contributed by atoms with Gasteiger partial charge in [0.15, 0.2) is 0 Å². The van der Waals surface area contributed by atoms with Crippen molar-refractivity contribution in [2.75, 3.05) is 50.0 Å². The van der Waals surface area contributed by atoms with Gasteiger partial charge in [-0.25, -0.2) is 9.78 Å². The Morgan fingerprint density at radius 1 is 1.00 bits per heavy atom. The van der Waals surface area contributed by atoms with Crippen LogP contribution in [0.25, 0.3) is 0 Å². The standard InChI is InChI=1S/C27H32N6O.CH2O3/c1-3-4-15-33(21-22-11-7-5-8-12-22)26(34)24-20-28-27(32-18-16-31(2)17-19-32)30-25(24)29-23-13-9-6-10-14-23;2-1(3)4/h3-14,20H,15-19,21H2,1-2H3,(H,28,29,30);(H2,2,3,4)/b4-3+;. The van der Waals surface area contributed by atoms with Crippen LogP contribution in [0.5, 0.6) is 0 Å². The first-order chi connectivity index (χ1) is 18.4. The normalized spacial score (nSPS) is 13.5. The number of benzene rings is 2. The summed E-state index contributed by atoms with van der Waals surface area (Å²) in [7, 11) is 2.12. The maximum absolute atomic E-state index is 13.7. The predicted octanol–water partition coefficient (Wildman–Crippen LogP) is 4.41. The van der Waals surface area contributed by atoms with E-state index in [1.165, 1.54) is 0 Å². The van der Waals surface area contributed by atoms with Crippen LogP contribution in [-0.4, -0.2) is 81.8 Å². The number of anilines is 3. The Hall–Kier alpha value is -4.44. The fraction of sp³-hybridized carbons (Fsp3) is 0.286. The fourth-order valence-electron chi connectivity index (χ4n) is 3.87. The average Bonchev–Trinajstić information content (AvgIpc) is 2.92. The van der Waals surface area contributed by atoms with Crippen molar-refractivity contribution in [3.8, 4) is 0 Å². The summed E-state index contributed by atoms with van der Waals surface area (Å²) in [4.78, 5) is 38.0. The molecule has 1 amide bonds. The zero-order valence-corrected chi connectivity index (χ0v) is 21.7. The molecule has 3 aromatic rings. The Labute approximate surface area is 222 Å². The number of rotatable bonds is 8. The predicted molar refractivity (Wildman–Crippen MR) is 148 cm³/mol. The van der Waals surface area contributed by atoms with Crippen molar-refractivity contribution in [2.24, 2.45) is 0 Å². The van der Waals surface area contributed by atoms with Crippen LogP contribution in [0.1, 0.15) is 22.8 Å². The van der Waals surface area contributed by atoms with Gasteiger partial charge < -0.3 is 30.2 Å². The van der Waals surface area contributed by atoms with Gasteiger partial charge in [0.05, 0.1) is 0 Å². The van der Waals surface area contributed by atoms with Gasteiger partial charge >= 0.3 is 6.16 Å². The lowest BCUT2D eigenvalue weighted by Gasteiger charge is -2.32. The van der Waals surface area contributed by atoms with E-state index in [1.807, 2.05) is 84.6 Å². The second kappa shape index (κ2) is 14.3. The van der Waals surface area contributed by atoms with Crippen LogP contribution in [-0.2, 0) is 6.54 Å². The molecule has 2 aromatic carbocycles. The van der Waals surface area contributed by atoms with Gasteiger partial charge in [-0.1, -0.05) is 60.7 Å². The Morgan fingerprint density at radius 2 is 1.61 bits per heavy atom. The average molecular weight is 519 g/mol. The minimum absolute atomic E-state index is 0.106. The number of amides is 1. The molecule has 0 spiro atoms. The number of carbonyl (C=O) groups excluding carboxylic acids is 1. The number of piperazine rings is 1. The molecule has 0 aliphatic carbocycles. The second-order valence-corrected chi connectivity index (χ2v) is 8.74. The van der Waals surface area contributed by atoms with E-state index in [1.54, 1.807) is 6.20 Å². The van der Waals surface area contributed by atoms with Gasteiger partial charge in [0.1, 0.15) is 11.4 Å². The number of nitrogens with one attached hydrogen (secondary N) is 1. The highest BCUT2D eigenvalue weighted by Gasteiger charge is 2.23. The second-order valence-electron chi connectivity index (χ2n) is 8.74. The first kappa shape index (κ1) is 28.1. The molecule has 0 atom stereocenters. The number of nitrogens with zero attached hydrogens (tertiary/aromatic N) is 5. The van der Waals surface area contributed by atoms with Gasteiger partial charge in [0, 0.05) is 51.2 Å². The first-order valence-electron chi connectivity index (χ1n) is 12.4. The molecule has 10 heteroatoms. The van der Waals surface area contributed by atoms with E-state index >= 15 is 0 Å². The highest BCUT2D eigenvalue weighted by Crippen LogP contribution is 2.24. The SMILES string of the molecule is C/C=C/CN(Cc1ccccc1)C(=O)c1cnc(N2CCN(C)CC2)nc1Nc1ccccc1.O=C(O)O. The summed E-state index contributed by atoms with van der Waals surface area (Å²) in [5.74, 6) is 1.06. The summed E-state index contributed by atoms with van der Waals surface area (Å²) in [5.41, 5.74) is 2.41. The fourth-order valence-corrected chi connectivity index (χ4v) is 3.87. The lowest BCUT2D eigenvalue weighted by Crippen LogP contribution is -2.45. The molecule has 0 radical (unpaired) electrons. The molecule has 1 fully saturated rings. The van der Waals surface area contributed by atoms with Crippen LogP contribution in [0.3, 0.4) is 0 Å². The summed E-state index contributed by atoms with van der Waals surface area (Å²) in [6.45, 7) is 6.61. The molecule has 10 nitrogen and oxygen atoms in total. The number of aromatic nitrogens is 2. The van der Waals surface area contributed by atoms with Crippen LogP contribution in [0.2, 0.25) is 0 Å². The molecule has 1 aliphatic rings. The molecule has 4 rings (SSSR count). The number of carbonyl (C=O) groups is 2. The van der Waals surface area contributed by atoms with Crippen LogP contribution < -0.4 is 10.2 Å². The molecule has 38 heavy (non-hydrogen) atoms. The highest BCUT2D eigenvalue weighted by molar-refractivity contribution is 5.99. The smallest absolute Gasteiger partial charge is 0.450 e. The van der Waals surface area contributed by atoms with E-state index in [9.17, 15) is 4.79 Å². The monoisotopic (exact) mass is 518 g/mol. The summed E-state index contributed by atoms with van der Waals surface area (Å²) >= 11 is 0. The van der Waals surface area contributed by atoms with E-state index < -0.39 is 6.16 Å². The molecule has 0 bridgehead atoms. The van der Waals surface area contributed by atoms with Gasteiger partial charge in [0.25, 0.3) is 5.91 Å². The molecule has 0 saturated carbocycles. The largest absolute Gasteiger partial charge is 0.503 e. The summed E-state index contributed by atoms with van der Waals surface area (Å²) < 4.78 is 0. The van der Waals surface area contributed by atoms with Crippen molar-refractivity contribution < 1.29 is 19.8 Å². The number of hydrogen-bond acceptors (Lipinski definition) is 7. The van der Waals surface area contributed by atoms with E-state index in [2.05, 4.69) is 27.1 Å². The Bertz CT molecular complexity index is 1190. The molecule has 1 aromatic heterocycles. The van der Waals surface area contributed by atoms with Gasteiger partial charge in [-0.2, -0.15) is 4.98 Å². The number of para-hydroxylation sites is 1. The number of hydrogen-bond donors (Lipinski definition) is 3. The third kappa shape index (κ3) is 8.59. The van der Waals surface area contributed by atoms with E-state index in [0.717, 1.165) is 37.4 Å². The minimum atomic E-state index is -1.83. The van der Waals surface area contributed by atoms with Crippen LogP contribution in [0.15, 0.2) is 79.0 Å². The van der Waals surface area contributed by atoms with E-state index in [4.69, 9.17) is 20.0 Å². The molecule has 0 unspecified atom stereocenters. The Kier molecular flexibility index (Phi) is 10.6. The summed E-state index contributed by atoms with van der Waals surface area (Å²) in [6.07, 6.45) is 3.79. The van der Waals surface area contributed by atoms with Gasteiger partial charge in [-0.05, 0) is 31.7 Å². The number of carboxylic acid groups (broad SMARTS) is 2. The zero-order chi connectivity index (χ0) is 27.3. The van der Waals surface area contributed by atoms with Crippen molar-refractivity contribution >= 4 is 29.5 Å². The molecular weight excluding hydrogens is 484 g/mol. The third-order valence-corrected chi connectivity index (χ3v) is 5.89. The Balaban J connectivity index is 0.000000934. The Morgan fingerprint density at radius 3 is 2.21 bits per heavy atom. The molecule has 2 heterocycles. The van der Waals surface area contributed by atoms with Crippen LogP contribution in [0.4, 0.5) is 22.2 Å². The van der Waals surface area contributed by atoms with Crippen molar-refractivity contribution in [3.63, 3.8) is 0 Å². The van der Waals surface area contributed by atoms with Gasteiger partial charge in [0.2, 0.25) is 5.95 Å². The zero-order valence-electron chi connectivity index (χ0n) is 21.7. The first-order valence-corrected chi connectivity index (χ1v) is 12.4. The van der Waals surface area contributed by atoms with E-state index in [-0.39, 0.29) is 5.91 Å². The van der Waals surface area contributed by atoms with Crippen molar-refractivity contribution in [1.82, 2.24) is 19.8 Å². The summed E-state index contributed by atoms with van der Waals surface area (Å²) in [5, 5.41) is 17.3. The number of allylic oxidation sites excluding steroid dienone is 1. The molecular formula is C28H34N6O4. The highest BCUT2D eigenvalue weighted by atomic mass is 16.6. The molecule has 3 N–H and O–H groups in total. The lowest BCUT2D eigenvalue weighted by molar-refractivity contribution is 0.0762. The maximum Gasteiger partial charge on any atom is 0.503 e. The summed E-state index contributed by atoms with van der Waals surface area (Å²) in [6, 6.07) is 19.8. The maximum atomic E-state index is 13.7. The number of likely N-dealkylation sites (N-methyl/N-ethyl adjacent to an activating group) is 1. The molecule has 1 saturated heterocycles. The third-order valence-electron chi connectivity index (χ3n) is 5.89. The van der Waals surface area contributed by atoms with Crippen molar-refractivity contribution in [3.05, 3.63) is 90.1 Å². The van der Waals surface area contributed by atoms with Gasteiger partial charge in [-0.3, -0.25) is 4.79 Å². The van der Waals surface area contributed by atoms with Gasteiger partial charge in [-0.15, -0.1) is 0 Å². The van der Waals surface area contributed by atoms with Crippen molar-refractivity contribution in [2.45, 2.75) is 13.5 Å². The minimum Gasteiger partial charge on any atom is -0.450 e. The lowest BCUT2D eigenvalue weighted by atomic mass is 10.2.